The van der Waals surface area contributed by atoms with E-state index >= 15 is 0 Å². The van der Waals surface area contributed by atoms with Crippen LogP contribution in [-0.4, -0.2) is 32.3 Å². The molecule has 0 aromatic heterocycles. The molecule has 1 aromatic carbocycles. The summed E-state index contributed by atoms with van der Waals surface area (Å²) in [5.41, 5.74) is 3.95. The van der Waals surface area contributed by atoms with E-state index < -0.39 is 13.0 Å². The Morgan fingerprint density at radius 3 is 2.95 bits per heavy atom. The first kappa shape index (κ1) is 16.1. The van der Waals surface area contributed by atoms with Crippen molar-refractivity contribution in [2.24, 2.45) is 5.84 Å². The maximum atomic E-state index is 12.0. The van der Waals surface area contributed by atoms with E-state index in [0.717, 1.165) is 18.6 Å². The molecule has 1 aliphatic rings. The number of hydrazine groups is 1. The predicted octanol–water partition coefficient (Wildman–Crippen LogP) is 2.45. The van der Waals surface area contributed by atoms with Crippen LogP contribution >= 0.6 is 0 Å². The van der Waals surface area contributed by atoms with Crippen molar-refractivity contribution in [3.8, 4) is 5.75 Å². The predicted molar refractivity (Wildman–Crippen MR) is 76.5 cm³/mol. The van der Waals surface area contributed by atoms with Gasteiger partial charge in [-0.1, -0.05) is 18.2 Å². The molecule has 1 aromatic rings. The normalized spacial score (nSPS) is 19.1. The van der Waals surface area contributed by atoms with Crippen LogP contribution in [-0.2, 0) is 4.74 Å². The third-order valence-electron chi connectivity index (χ3n) is 3.74. The fourth-order valence-electron chi connectivity index (χ4n) is 2.67. The van der Waals surface area contributed by atoms with Crippen molar-refractivity contribution in [1.82, 2.24) is 5.43 Å². The molecule has 0 aliphatic carbocycles. The fraction of sp³-hybridized carbons (Fsp3) is 0.600. The van der Waals surface area contributed by atoms with Crippen molar-refractivity contribution in [3.05, 3.63) is 29.8 Å². The summed E-state index contributed by atoms with van der Waals surface area (Å²) in [6.07, 6.45) is -0.0262. The zero-order valence-electron chi connectivity index (χ0n) is 11.9. The van der Waals surface area contributed by atoms with Crippen LogP contribution in [0.25, 0.3) is 0 Å². The maximum Gasteiger partial charge on any atom is 0.261 e. The molecule has 3 N–H and O–H groups in total. The quantitative estimate of drug-likeness (QED) is 0.440. The zero-order valence-corrected chi connectivity index (χ0v) is 11.9. The second-order valence-electron chi connectivity index (χ2n) is 5.23. The minimum absolute atomic E-state index is 0.0406. The number of para-hydroxylation sites is 1. The Hall–Kier alpha value is -1.24. The number of alkyl halides is 2. The number of nitrogens with two attached hydrogens (primary N) is 1. The van der Waals surface area contributed by atoms with Crippen molar-refractivity contribution in [3.63, 3.8) is 0 Å². The first-order valence-corrected chi connectivity index (χ1v) is 7.24. The Balaban J connectivity index is 1.85. The molecule has 0 saturated heterocycles. The second-order valence-corrected chi connectivity index (χ2v) is 5.23. The van der Waals surface area contributed by atoms with Gasteiger partial charge in [0.2, 0.25) is 0 Å². The van der Waals surface area contributed by atoms with Gasteiger partial charge in [0.05, 0.1) is 6.61 Å². The molecule has 0 spiro atoms. The number of ether oxygens (including phenoxy) is 2. The summed E-state index contributed by atoms with van der Waals surface area (Å²) in [5, 5.41) is 0. The molecule has 0 fully saturated rings. The number of fused-ring (bicyclic) bond motifs is 1. The summed E-state index contributed by atoms with van der Waals surface area (Å²) >= 11 is 0. The average Bonchev–Trinajstić information content (AvgIpc) is 2.50. The highest BCUT2D eigenvalue weighted by atomic mass is 19.3. The topological polar surface area (TPSA) is 56.5 Å². The standard InChI is InChI=1S/C15H22F2N2O2/c16-15(17)10-20-7-6-12(19-18)9-11-5-8-21-14-4-2-1-3-13(11)14/h1-4,11-12,15,19H,5-10,18H2. The van der Waals surface area contributed by atoms with Crippen LogP contribution in [0.5, 0.6) is 5.75 Å². The molecule has 21 heavy (non-hydrogen) atoms. The van der Waals surface area contributed by atoms with Crippen molar-refractivity contribution in [1.29, 1.82) is 0 Å². The lowest BCUT2D eigenvalue weighted by molar-refractivity contribution is 0.0139. The molecule has 1 aliphatic heterocycles. The second kappa shape index (κ2) is 8.26. The number of nitrogens with one attached hydrogen (secondary N) is 1. The van der Waals surface area contributed by atoms with Gasteiger partial charge < -0.3 is 9.47 Å². The summed E-state index contributed by atoms with van der Waals surface area (Å²) < 4.78 is 34.5. The van der Waals surface area contributed by atoms with Gasteiger partial charge in [-0.25, -0.2) is 8.78 Å². The van der Waals surface area contributed by atoms with Crippen LogP contribution in [0.15, 0.2) is 24.3 Å². The van der Waals surface area contributed by atoms with Crippen LogP contribution in [0.4, 0.5) is 8.78 Å². The van der Waals surface area contributed by atoms with E-state index in [1.807, 2.05) is 18.2 Å². The number of hydrogen-bond acceptors (Lipinski definition) is 4. The molecule has 2 unspecified atom stereocenters. The van der Waals surface area contributed by atoms with Crippen LogP contribution in [0.2, 0.25) is 0 Å². The molecule has 0 bridgehead atoms. The summed E-state index contributed by atoms with van der Waals surface area (Å²) in [6, 6.07) is 8.03. The monoisotopic (exact) mass is 300 g/mol. The Morgan fingerprint density at radius 1 is 1.38 bits per heavy atom. The lowest BCUT2D eigenvalue weighted by Crippen LogP contribution is -2.38. The number of rotatable bonds is 8. The van der Waals surface area contributed by atoms with Gasteiger partial charge in [0.15, 0.2) is 0 Å². The van der Waals surface area contributed by atoms with Gasteiger partial charge in [0.25, 0.3) is 6.43 Å². The Labute approximate surface area is 123 Å². The van der Waals surface area contributed by atoms with Gasteiger partial charge in [-0.3, -0.25) is 11.3 Å². The minimum atomic E-state index is -2.42. The average molecular weight is 300 g/mol. The summed E-state index contributed by atoms with van der Waals surface area (Å²) in [5.74, 6) is 6.86. The lowest BCUT2D eigenvalue weighted by Gasteiger charge is -2.28. The van der Waals surface area contributed by atoms with E-state index in [0.29, 0.717) is 18.9 Å². The number of halogens is 2. The zero-order chi connectivity index (χ0) is 15.1. The molecule has 6 heteroatoms. The van der Waals surface area contributed by atoms with Crippen LogP contribution in [0.1, 0.15) is 30.7 Å². The molecule has 2 rings (SSSR count). The van der Waals surface area contributed by atoms with Crippen molar-refractivity contribution < 1.29 is 18.3 Å². The molecule has 1 heterocycles. The highest BCUT2D eigenvalue weighted by molar-refractivity contribution is 5.37. The Kier molecular flexibility index (Phi) is 6.35. The molecule has 2 atom stereocenters. The molecular formula is C15H22F2N2O2. The van der Waals surface area contributed by atoms with Crippen LogP contribution in [0.3, 0.4) is 0 Å². The molecule has 4 nitrogen and oxygen atoms in total. The molecule has 0 radical (unpaired) electrons. The fourth-order valence-corrected chi connectivity index (χ4v) is 2.67. The smallest absolute Gasteiger partial charge is 0.261 e. The molecule has 0 amide bonds. The Morgan fingerprint density at radius 2 is 2.19 bits per heavy atom. The van der Waals surface area contributed by atoms with Gasteiger partial charge >= 0.3 is 0 Å². The minimum Gasteiger partial charge on any atom is -0.493 e. The first-order chi connectivity index (χ1) is 10.2. The molecule has 0 saturated carbocycles. The Bertz CT molecular complexity index is 432. The van der Waals surface area contributed by atoms with E-state index in [2.05, 4.69) is 11.5 Å². The number of hydrogen-bond donors (Lipinski definition) is 2. The summed E-state index contributed by atoms with van der Waals surface area (Å²) in [6.45, 7) is 0.461. The van der Waals surface area contributed by atoms with Gasteiger partial charge in [-0.05, 0) is 36.8 Å². The van der Waals surface area contributed by atoms with E-state index in [1.165, 1.54) is 5.56 Å². The molecule has 118 valence electrons. The van der Waals surface area contributed by atoms with Crippen molar-refractivity contribution in [2.45, 2.75) is 37.6 Å². The summed E-state index contributed by atoms with van der Waals surface area (Å²) in [4.78, 5) is 0. The van der Waals surface area contributed by atoms with E-state index in [-0.39, 0.29) is 12.6 Å². The lowest BCUT2D eigenvalue weighted by atomic mass is 9.87. The van der Waals surface area contributed by atoms with Gasteiger partial charge in [-0.2, -0.15) is 0 Å². The van der Waals surface area contributed by atoms with E-state index in [9.17, 15) is 8.78 Å². The third kappa shape index (κ3) is 4.91. The highest BCUT2D eigenvalue weighted by Crippen LogP contribution is 2.36. The maximum absolute atomic E-state index is 12.0. The first-order valence-electron chi connectivity index (χ1n) is 7.24. The van der Waals surface area contributed by atoms with E-state index in [1.54, 1.807) is 0 Å². The third-order valence-corrected chi connectivity index (χ3v) is 3.74. The highest BCUT2D eigenvalue weighted by Gasteiger charge is 2.23. The SMILES string of the molecule is NNC(CCOCC(F)F)CC1CCOc2ccccc21. The van der Waals surface area contributed by atoms with Gasteiger partial charge in [-0.15, -0.1) is 0 Å². The van der Waals surface area contributed by atoms with E-state index in [4.69, 9.17) is 15.3 Å². The van der Waals surface area contributed by atoms with Gasteiger partial charge in [0, 0.05) is 12.6 Å². The number of benzene rings is 1. The van der Waals surface area contributed by atoms with Crippen LogP contribution < -0.4 is 16.0 Å². The van der Waals surface area contributed by atoms with Gasteiger partial charge in [0.1, 0.15) is 12.4 Å². The largest absolute Gasteiger partial charge is 0.493 e. The van der Waals surface area contributed by atoms with Crippen LogP contribution in [0, 0.1) is 0 Å². The van der Waals surface area contributed by atoms with Crippen molar-refractivity contribution >= 4 is 0 Å². The van der Waals surface area contributed by atoms with Crippen molar-refractivity contribution in [2.75, 3.05) is 19.8 Å². The molecular weight excluding hydrogens is 278 g/mol. The summed E-state index contributed by atoms with van der Waals surface area (Å²) in [7, 11) is 0.